The monoisotopic (exact) mass is 873 g/mol. The lowest BCUT2D eigenvalue weighted by Gasteiger charge is -2.43. The molecular weight excluding hydrogens is 809 g/mol. The minimum Gasteiger partial charge on any atom is -0.457 e. The number of nitrogens with zero attached hydrogens (tertiary/aromatic N) is 5. The van der Waals surface area contributed by atoms with Gasteiger partial charge in [-0.2, -0.15) is 0 Å². The molecule has 4 saturated heterocycles. The van der Waals surface area contributed by atoms with Gasteiger partial charge in [-0.25, -0.2) is 4.79 Å². The van der Waals surface area contributed by atoms with Gasteiger partial charge in [0, 0.05) is 107 Å². The number of anilines is 2. The summed E-state index contributed by atoms with van der Waals surface area (Å²) in [6, 6.07) is 25.1. The number of carbonyl (C=O) groups excluding carboxylic acids is 4. The van der Waals surface area contributed by atoms with Crippen LogP contribution in [0, 0.1) is 17.2 Å². The van der Waals surface area contributed by atoms with Crippen molar-refractivity contribution < 1.29 is 23.9 Å². The third-order valence-corrected chi connectivity index (χ3v) is 13.9. The fraction of sp³-hybridized carbons (Fsp3) is 0.490. The number of para-hydroxylation sites is 1. The second-order valence-electron chi connectivity index (χ2n) is 18.1. The van der Waals surface area contributed by atoms with Gasteiger partial charge in [-0.05, 0) is 124 Å². The first-order chi connectivity index (χ1) is 31.1. The van der Waals surface area contributed by atoms with Gasteiger partial charge in [-0.1, -0.05) is 18.2 Å². The van der Waals surface area contributed by atoms with Crippen LogP contribution in [0.15, 0.2) is 90.3 Å². The van der Waals surface area contributed by atoms with Crippen LogP contribution in [0.5, 0.6) is 11.5 Å². The summed E-state index contributed by atoms with van der Waals surface area (Å²) >= 11 is 0. The molecule has 0 aromatic heterocycles. The average Bonchev–Trinajstić information content (AvgIpc) is 3.32. The molecule has 0 unspecified atom stereocenters. The van der Waals surface area contributed by atoms with Crippen molar-refractivity contribution >= 4 is 40.8 Å². The maximum absolute atomic E-state index is 13.4. The van der Waals surface area contributed by atoms with Crippen molar-refractivity contribution in [1.29, 1.82) is 5.41 Å². The Kier molecular flexibility index (Phi) is 14.5. The number of benzene rings is 3. The van der Waals surface area contributed by atoms with Crippen molar-refractivity contribution in [2.75, 3.05) is 82.3 Å². The first-order valence-electron chi connectivity index (χ1n) is 23.2. The van der Waals surface area contributed by atoms with Crippen LogP contribution < -0.4 is 36.2 Å². The number of primary amides is 1. The SMILES string of the molecule is CN(CCC(=O)N1CCC([C@@H]2CCN/C(=C(/C(=N)c3ccc(Oc4ccccc4)cc3)C(N)=O)N2)CC1)CC1CCC(N2CCN(c3ccc(N4CCC(=O)NC4=O)cc3)CC2)CC1. The van der Waals surface area contributed by atoms with Crippen molar-refractivity contribution in [1.82, 2.24) is 30.7 Å². The zero-order chi connectivity index (χ0) is 44.6. The summed E-state index contributed by atoms with van der Waals surface area (Å²) in [5.74, 6) is 2.18. The molecule has 5 aliphatic rings. The van der Waals surface area contributed by atoms with Gasteiger partial charge in [0.15, 0.2) is 0 Å². The highest BCUT2D eigenvalue weighted by Gasteiger charge is 2.33. The number of likely N-dealkylation sites (tertiary alicyclic amines) is 1. The third kappa shape index (κ3) is 11.0. The molecule has 3 aromatic carbocycles. The molecule has 5 fully saturated rings. The number of amides is 5. The maximum Gasteiger partial charge on any atom is 0.328 e. The molecule has 64 heavy (non-hydrogen) atoms. The van der Waals surface area contributed by atoms with Crippen LogP contribution in [0.2, 0.25) is 0 Å². The summed E-state index contributed by atoms with van der Waals surface area (Å²) in [4.78, 5) is 61.0. The van der Waals surface area contributed by atoms with E-state index in [0.29, 0.717) is 66.7 Å². The van der Waals surface area contributed by atoms with E-state index in [0.717, 1.165) is 77.3 Å². The summed E-state index contributed by atoms with van der Waals surface area (Å²) in [7, 11) is 2.16. The van der Waals surface area contributed by atoms with Crippen LogP contribution in [0.1, 0.15) is 63.4 Å². The van der Waals surface area contributed by atoms with Gasteiger partial charge in [0.05, 0.1) is 5.71 Å². The van der Waals surface area contributed by atoms with E-state index in [1.165, 1.54) is 31.4 Å². The Morgan fingerprint density at radius 1 is 0.797 bits per heavy atom. The van der Waals surface area contributed by atoms with Crippen LogP contribution in [0.25, 0.3) is 0 Å². The molecule has 15 heteroatoms. The summed E-state index contributed by atoms with van der Waals surface area (Å²) in [6.45, 7) is 8.36. The standard InChI is InChI=1S/C49H64N10O5/c1-55(33-34-7-11-37(12-8-34)56-29-31-57(32-30-56)38-13-15-39(16-14-38)59-28-22-43(60)54-49(59)63)25-23-44(61)58-26-20-35(21-27-58)42-19-24-52-48(53-42)45(47(51)62)46(50)36-9-17-41(18-10-36)64-40-5-3-2-4-6-40/h2-6,9-10,13-18,34-35,37,42,50,52-53H,7-8,11-12,19-33H2,1H3,(H2,51,62)(H,54,60,63)/b48-45+,50-46?/t34?,37?,42-/m0/s1. The smallest absolute Gasteiger partial charge is 0.328 e. The van der Waals surface area contributed by atoms with Crippen LogP contribution in [0.4, 0.5) is 16.2 Å². The first kappa shape index (κ1) is 44.7. The average molecular weight is 873 g/mol. The number of imide groups is 1. The Labute approximate surface area is 376 Å². The zero-order valence-electron chi connectivity index (χ0n) is 37.1. The predicted octanol–water partition coefficient (Wildman–Crippen LogP) is 4.88. The van der Waals surface area contributed by atoms with E-state index in [4.69, 9.17) is 15.9 Å². The van der Waals surface area contributed by atoms with Gasteiger partial charge in [-0.3, -0.25) is 34.9 Å². The van der Waals surface area contributed by atoms with Gasteiger partial charge in [0.2, 0.25) is 11.8 Å². The van der Waals surface area contributed by atoms with Gasteiger partial charge in [0.1, 0.15) is 22.9 Å². The van der Waals surface area contributed by atoms with Crippen LogP contribution >= 0.6 is 0 Å². The number of hydrogen-bond acceptors (Lipinski definition) is 11. The first-order valence-corrected chi connectivity index (χ1v) is 23.2. The van der Waals surface area contributed by atoms with Gasteiger partial charge < -0.3 is 35.8 Å². The fourth-order valence-corrected chi connectivity index (χ4v) is 10.2. The number of hydrogen-bond donors (Lipinski definition) is 5. The largest absolute Gasteiger partial charge is 0.457 e. The van der Waals surface area contributed by atoms with E-state index in [1.54, 1.807) is 29.2 Å². The number of nitrogens with one attached hydrogen (secondary N) is 4. The molecule has 4 heterocycles. The van der Waals surface area contributed by atoms with Crippen LogP contribution in [-0.4, -0.2) is 129 Å². The van der Waals surface area contributed by atoms with Crippen molar-refractivity contribution in [3.05, 3.63) is 95.8 Å². The van der Waals surface area contributed by atoms with Crippen molar-refractivity contribution in [3.8, 4) is 11.5 Å². The molecule has 4 aliphatic heterocycles. The number of carbonyl (C=O) groups is 4. The van der Waals surface area contributed by atoms with Crippen molar-refractivity contribution in [3.63, 3.8) is 0 Å². The second-order valence-corrected chi connectivity index (χ2v) is 18.1. The molecule has 0 bridgehead atoms. The van der Waals surface area contributed by atoms with E-state index in [-0.39, 0.29) is 35.2 Å². The molecule has 1 aliphatic carbocycles. The van der Waals surface area contributed by atoms with Crippen LogP contribution in [-0.2, 0) is 14.4 Å². The fourth-order valence-electron chi connectivity index (χ4n) is 10.2. The molecule has 1 atom stereocenters. The topological polar surface area (TPSA) is 180 Å². The lowest BCUT2D eigenvalue weighted by molar-refractivity contribution is -0.133. The molecule has 340 valence electrons. The van der Waals surface area contributed by atoms with E-state index < -0.39 is 5.91 Å². The molecular formula is C49H64N10O5. The molecule has 6 N–H and O–H groups in total. The third-order valence-electron chi connectivity index (χ3n) is 13.9. The molecule has 0 radical (unpaired) electrons. The van der Waals surface area contributed by atoms with Gasteiger partial charge >= 0.3 is 6.03 Å². The maximum atomic E-state index is 13.4. The molecule has 3 aromatic rings. The molecule has 5 amide bonds. The normalized spacial score (nSPS) is 23.2. The highest BCUT2D eigenvalue weighted by atomic mass is 16.5. The quantitative estimate of drug-likeness (QED) is 0.111. The van der Waals surface area contributed by atoms with Crippen LogP contribution in [0.3, 0.4) is 0 Å². The Morgan fingerprint density at radius 2 is 1.47 bits per heavy atom. The van der Waals surface area contributed by atoms with Crippen molar-refractivity contribution in [2.24, 2.45) is 17.6 Å². The molecule has 0 spiro atoms. The number of ether oxygens (including phenoxy) is 1. The van der Waals surface area contributed by atoms with E-state index in [1.807, 2.05) is 47.4 Å². The van der Waals surface area contributed by atoms with Crippen molar-refractivity contribution in [2.45, 2.75) is 69.9 Å². The molecule has 15 nitrogen and oxygen atoms in total. The van der Waals surface area contributed by atoms with E-state index in [2.05, 4.69) is 49.8 Å². The summed E-state index contributed by atoms with van der Waals surface area (Å²) in [6.07, 6.45) is 8.36. The Hall–Kier alpha value is -5.93. The number of nitrogens with two attached hydrogens (primary N) is 1. The second kappa shape index (κ2) is 20.7. The molecule has 1 saturated carbocycles. The predicted molar refractivity (Wildman–Crippen MR) is 248 cm³/mol. The van der Waals surface area contributed by atoms with Gasteiger partial charge in [-0.15, -0.1) is 0 Å². The summed E-state index contributed by atoms with van der Waals surface area (Å²) < 4.78 is 5.90. The summed E-state index contributed by atoms with van der Waals surface area (Å²) in [5, 5.41) is 18.2. The molecule has 8 rings (SSSR count). The number of rotatable bonds is 14. The zero-order valence-corrected chi connectivity index (χ0v) is 37.1. The number of piperazine rings is 1. The Bertz CT molecular complexity index is 2140. The highest BCUT2D eigenvalue weighted by Crippen LogP contribution is 2.31. The minimum atomic E-state index is -0.664. The van der Waals surface area contributed by atoms with E-state index >= 15 is 0 Å². The summed E-state index contributed by atoms with van der Waals surface area (Å²) in [5.41, 5.74) is 8.61. The highest BCUT2D eigenvalue weighted by molar-refractivity contribution is 6.26. The lowest BCUT2D eigenvalue weighted by atomic mass is 9.84. The number of piperidine rings is 1. The Morgan fingerprint density at radius 3 is 2.14 bits per heavy atom. The lowest BCUT2D eigenvalue weighted by Crippen LogP contribution is -2.51. The number of urea groups is 1. The van der Waals surface area contributed by atoms with E-state index in [9.17, 15) is 19.2 Å². The van der Waals surface area contributed by atoms with Gasteiger partial charge in [0.25, 0.3) is 5.91 Å². The Balaban J connectivity index is 0.725. The minimum absolute atomic E-state index is 0.0486.